The molecular weight excluding hydrogens is 254 g/mol. The maximum absolute atomic E-state index is 11.7. The summed E-state index contributed by atoms with van der Waals surface area (Å²) in [5, 5.41) is 4.77. The average molecular weight is 266 g/mol. The second-order valence-electron chi connectivity index (χ2n) is 3.61. The first-order valence-electron chi connectivity index (χ1n) is 5.25. The van der Waals surface area contributed by atoms with E-state index in [2.05, 4.69) is 5.32 Å². The van der Waals surface area contributed by atoms with Gasteiger partial charge in [-0.3, -0.25) is 4.79 Å². The molecule has 0 radical (unpaired) electrons. The van der Waals surface area contributed by atoms with Crippen molar-refractivity contribution in [3.63, 3.8) is 0 Å². The third-order valence-corrected chi connectivity index (χ3v) is 3.52. The van der Waals surface area contributed by atoms with E-state index in [4.69, 9.17) is 11.6 Å². The Bertz CT molecular complexity index is 496. The van der Waals surface area contributed by atoms with Crippen LogP contribution in [0.3, 0.4) is 0 Å². The van der Waals surface area contributed by atoms with Crippen LogP contribution in [0.4, 0.5) is 0 Å². The summed E-state index contributed by atoms with van der Waals surface area (Å²) in [5.41, 5.74) is 2.13. The van der Waals surface area contributed by atoms with Crippen molar-refractivity contribution in [3.8, 4) is 0 Å². The van der Waals surface area contributed by atoms with E-state index in [0.717, 1.165) is 16.0 Å². The number of nitrogens with one attached hydrogen (secondary N) is 1. The highest BCUT2D eigenvalue weighted by atomic mass is 35.5. The van der Waals surface area contributed by atoms with Crippen molar-refractivity contribution in [2.75, 3.05) is 0 Å². The standard InChI is InChI=1S/C13H12ClNOS/c14-8-10-3-1-4-11(7-10)9-15-13(16)12-5-2-6-17-12/h1-7H,8-9H2,(H,15,16). The van der Waals surface area contributed by atoms with Gasteiger partial charge in [-0.15, -0.1) is 22.9 Å². The highest BCUT2D eigenvalue weighted by Crippen LogP contribution is 2.10. The van der Waals surface area contributed by atoms with E-state index >= 15 is 0 Å². The van der Waals surface area contributed by atoms with Gasteiger partial charge in [0.15, 0.2) is 0 Å². The summed E-state index contributed by atoms with van der Waals surface area (Å²) in [4.78, 5) is 12.4. The van der Waals surface area contributed by atoms with Gasteiger partial charge in [0.2, 0.25) is 0 Å². The van der Waals surface area contributed by atoms with E-state index in [1.807, 2.05) is 41.8 Å². The maximum atomic E-state index is 11.7. The summed E-state index contributed by atoms with van der Waals surface area (Å²) < 4.78 is 0. The van der Waals surface area contributed by atoms with Crippen LogP contribution in [0.15, 0.2) is 41.8 Å². The van der Waals surface area contributed by atoms with Crippen LogP contribution in [0.5, 0.6) is 0 Å². The summed E-state index contributed by atoms with van der Waals surface area (Å²) in [5.74, 6) is 0.462. The molecule has 1 aromatic carbocycles. The second-order valence-corrected chi connectivity index (χ2v) is 4.83. The fourth-order valence-electron chi connectivity index (χ4n) is 1.50. The molecule has 88 valence electrons. The van der Waals surface area contributed by atoms with Gasteiger partial charge in [0, 0.05) is 12.4 Å². The molecule has 0 bridgehead atoms. The first-order chi connectivity index (χ1) is 8.29. The van der Waals surface area contributed by atoms with Gasteiger partial charge in [0.25, 0.3) is 5.91 Å². The van der Waals surface area contributed by atoms with Gasteiger partial charge in [-0.2, -0.15) is 0 Å². The van der Waals surface area contributed by atoms with Crippen LogP contribution in [0.1, 0.15) is 20.8 Å². The Morgan fingerprint density at radius 2 is 2.06 bits per heavy atom. The number of amides is 1. The Labute approximate surface area is 109 Å². The lowest BCUT2D eigenvalue weighted by Crippen LogP contribution is -2.21. The van der Waals surface area contributed by atoms with Crippen LogP contribution < -0.4 is 5.32 Å². The van der Waals surface area contributed by atoms with Crippen molar-refractivity contribution in [3.05, 3.63) is 57.8 Å². The second kappa shape index (κ2) is 5.84. The number of carbonyl (C=O) groups excluding carboxylic acids is 1. The lowest BCUT2D eigenvalue weighted by molar-refractivity contribution is 0.0955. The van der Waals surface area contributed by atoms with E-state index < -0.39 is 0 Å². The van der Waals surface area contributed by atoms with Crippen LogP contribution in [0.2, 0.25) is 0 Å². The minimum atomic E-state index is -0.0312. The third kappa shape index (κ3) is 3.32. The summed E-state index contributed by atoms with van der Waals surface area (Å²) in [6.07, 6.45) is 0. The molecule has 1 aromatic heterocycles. The van der Waals surface area contributed by atoms with E-state index in [0.29, 0.717) is 12.4 Å². The number of hydrogen-bond acceptors (Lipinski definition) is 2. The molecule has 0 aliphatic heterocycles. The van der Waals surface area contributed by atoms with Gasteiger partial charge in [-0.25, -0.2) is 0 Å². The Kier molecular flexibility index (Phi) is 4.18. The Balaban J connectivity index is 1.95. The normalized spacial score (nSPS) is 10.2. The van der Waals surface area contributed by atoms with Crippen LogP contribution >= 0.6 is 22.9 Å². The quantitative estimate of drug-likeness (QED) is 0.844. The predicted octanol–water partition coefficient (Wildman–Crippen LogP) is 3.42. The summed E-state index contributed by atoms with van der Waals surface area (Å²) in [6.45, 7) is 0.529. The highest BCUT2D eigenvalue weighted by molar-refractivity contribution is 7.12. The number of hydrogen-bond donors (Lipinski definition) is 1. The van der Waals surface area contributed by atoms with Crippen LogP contribution in [0.25, 0.3) is 0 Å². The zero-order valence-electron chi connectivity index (χ0n) is 9.15. The smallest absolute Gasteiger partial charge is 0.261 e. The zero-order valence-corrected chi connectivity index (χ0v) is 10.7. The lowest BCUT2D eigenvalue weighted by atomic mass is 10.1. The molecule has 0 fully saturated rings. The van der Waals surface area contributed by atoms with E-state index in [1.54, 1.807) is 0 Å². The largest absolute Gasteiger partial charge is 0.347 e. The van der Waals surface area contributed by atoms with Crippen molar-refractivity contribution in [2.24, 2.45) is 0 Å². The predicted molar refractivity (Wildman–Crippen MR) is 71.5 cm³/mol. The molecule has 2 nitrogen and oxygen atoms in total. The molecule has 1 heterocycles. The topological polar surface area (TPSA) is 29.1 Å². The van der Waals surface area contributed by atoms with Gasteiger partial charge in [-0.1, -0.05) is 30.3 Å². The monoisotopic (exact) mass is 265 g/mol. The van der Waals surface area contributed by atoms with Crippen molar-refractivity contribution >= 4 is 28.8 Å². The van der Waals surface area contributed by atoms with Crippen molar-refractivity contribution < 1.29 is 4.79 Å². The molecule has 0 aliphatic rings. The van der Waals surface area contributed by atoms with E-state index in [-0.39, 0.29) is 5.91 Å². The zero-order chi connectivity index (χ0) is 12.1. The molecule has 4 heteroatoms. The van der Waals surface area contributed by atoms with Crippen LogP contribution in [-0.4, -0.2) is 5.91 Å². The minimum absolute atomic E-state index is 0.0312. The molecule has 0 atom stereocenters. The molecule has 2 aromatic rings. The highest BCUT2D eigenvalue weighted by Gasteiger charge is 2.05. The summed E-state index contributed by atoms with van der Waals surface area (Å²) >= 11 is 7.20. The number of rotatable bonds is 4. The molecule has 1 amide bonds. The van der Waals surface area contributed by atoms with Gasteiger partial charge >= 0.3 is 0 Å². The fraction of sp³-hybridized carbons (Fsp3) is 0.154. The average Bonchev–Trinajstić information content (AvgIpc) is 2.90. The van der Waals surface area contributed by atoms with Crippen LogP contribution in [-0.2, 0) is 12.4 Å². The minimum Gasteiger partial charge on any atom is -0.347 e. The number of thiophene rings is 1. The van der Waals surface area contributed by atoms with Gasteiger partial charge in [0.05, 0.1) is 4.88 Å². The Morgan fingerprint density at radius 1 is 1.24 bits per heavy atom. The fourth-order valence-corrected chi connectivity index (χ4v) is 2.31. The molecule has 0 aliphatic carbocycles. The molecule has 2 rings (SSSR count). The number of halogens is 1. The number of alkyl halides is 1. The lowest BCUT2D eigenvalue weighted by Gasteiger charge is -2.05. The first kappa shape index (κ1) is 12.1. The van der Waals surface area contributed by atoms with Crippen LogP contribution in [0, 0.1) is 0 Å². The van der Waals surface area contributed by atoms with Gasteiger partial charge < -0.3 is 5.32 Å². The van der Waals surface area contributed by atoms with Gasteiger partial charge in [0.1, 0.15) is 0 Å². The molecule has 0 saturated heterocycles. The molecule has 0 unspecified atom stereocenters. The number of benzene rings is 1. The van der Waals surface area contributed by atoms with Crippen molar-refractivity contribution in [1.29, 1.82) is 0 Å². The first-order valence-corrected chi connectivity index (χ1v) is 6.66. The maximum Gasteiger partial charge on any atom is 0.261 e. The summed E-state index contributed by atoms with van der Waals surface area (Å²) in [6, 6.07) is 11.6. The molecule has 1 N–H and O–H groups in total. The Hall–Kier alpha value is -1.32. The molecule has 0 spiro atoms. The Morgan fingerprint density at radius 3 is 2.76 bits per heavy atom. The van der Waals surface area contributed by atoms with Gasteiger partial charge in [-0.05, 0) is 22.6 Å². The van der Waals surface area contributed by atoms with Crippen molar-refractivity contribution in [2.45, 2.75) is 12.4 Å². The number of carbonyl (C=O) groups is 1. The van der Waals surface area contributed by atoms with E-state index in [1.165, 1.54) is 11.3 Å². The molecule has 17 heavy (non-hydrogen) atoms. The van der Waals surface area contributed by atoms with Crippen molar-refractivity contribution in [1.82, 2.24) is 5.32 Å². The molecular formula is C13H12ClNOS. The third-order valence-electron chi connectivity index (χ3n) is 2.34. The van der Waals surface area contributed by atoms with E-state index in [9.17, 15) is 4.79 Å². The SMILES string of the molecule is O=C(NCc1cccc(CCl)c1)c1cccs1. The molecule has 0 saturated carbocycles. The summed E-state index contributed by atoms with van der Waals surface area (Å²) in [7, 11) is 0.